The topological polar surface area (TPSA) is 79.4 Å². The summed E-state index contributed by atoms with van der Waals surface area (Å²) in [6.45, 7) is 7.33. The average Bonchev–Trinajstić information content (AvgIpc) is 3.18. The lowest BCUT2D eigenvalue weighted by Gasteiger charge is -2.47. The molecule has 0 spiro atoms. The van der Waals surface area contributed by atoms with Crippen LogP contribution in [0.15, 0.2) is 40.0 Å². The summed E-state index contributed by atoms with van der Waals surface area (Å²) >= 11 is 1.49. The van der Waals surface area contributed by atoms with Crippen LogP contribution in [-0.4, -0.2) is 65.1 Å². The number of amides is 1. The van der Waals surface area contributed by atoms with Crippen molar-refractivity contribution in [3.8, 4) is 0 Å². The minimum absolute atomic E-state index is 0.107. The Bertz CT molecular complexity index is 1410. The second-order valence-electron chi connectivity index (χ2n) is 11.0. The number of rotatable bonds is 8. The maximum absolute atomic E-state index is 15.7. The Morgan fingerprint density at radius 2 is 2.03 bits per heavy atom. The minimum Gasteiger partial charge on any atom is -0.381 e. The summed E-state index contributed by atoms with van der Waals surface area (Å²) in [5.41, 5.74) is 3.48. The summed E-state index contributed by atoms with van der Waals surface area (Å²) in [6, 6.07) is 10.1. The monoisotopic (exact) mass is 554 g/mol. The van der Waals surface area contributed by atoms with E-state index < -0.39 is 6.17 Å². The number of likely N-dealkylation sites (tertiary alicyclic amines) is 1. The largest absolute Gasteiger partial charge is 0.381 e. The number of thioether (sulfide) groups is 1. The fourth-order valence-corrected chi connectivity index (χ4v) is 7.24. The third-order valence-electron chi connectivity index (χ3n) is 8.83. The molecule has 3 heterocycles. The van der Waals surface area contributed by atoms with Crippen molar-refractivity contribution in [1.82, 2.24) is 19.8 Å². The molecule has 3 aromatic rings. The number of H-pyrrole nitrogens is 1. The standard InChI is InChI=1S/C30H39FN4O3S/c1-17-12-27(39-5)24(29(36)33-17)15-32-30(37)28-19(3)35(26-9-7-6-8-23(26)28)18(2)22-10-11-34(16-25(22)31)20-13-21(14-20)38-4/h6-9,12,18,20-22,25H,10-11,13-16H2,1-5H3,(H,32,37)(H,33,36)/t18-,20?,21?,22-,25+/m1/s1. The quantitative estimate of drug-likeness (QED) is 0.384. The van der Waals surface area contributed by atoms with Gasteiger partial charge >= 0.3 is 0 Å². The van der Waals surface area contributed by atoms with E-state index in [1.54, 1.807) is 7.11 Å². The number of hydrogen-bond donors (Lipinski definition) is 2. The van der Waals surface area contributed by atoms with Crippen LogP contribution in [0.2, 0.25) is 0 Å². The van der Waals surface area contributed by atoms with E-state index in [0.717, 1.165) is 53.0 Å². The molecule has 7 nitrogen and oxygen atoms in total. The number of carbonyl (C=O) groups is 1. The van der Waals surface area contributed by atoms with Crippen molar-refractivity contribution in [2.45, 2.75) is 75.8 Å². The highest BCUT2D eigenvalue weighted by Crippen LogP contribution is 2.39. The molecule has 39 heavy (non-hydrogen) atoms. The molecule has 1 aromatic carbocycles. The summed E-state index contributed by atoms with van der Waals surface area (Å²) in [5.74, 6) is -0.369. The lowest BCUT2D eigenvalue weighted by Crippen LogP contribution is -2.54. The number of ether oxygens (including phenoxy) is 1. The molecule has 2 N–H and O–H groups in total. The van der Waals surface area contributed by atoms with Crippen molar-refractivity contribution in [3.63, 3.8) is 0 Å². The zero-order valence-corrected chi connectivity index (χ0v) is 24.2. The molecule has 1 saturated carbocycles. The first-order valence-corrected chi connectivity index (χ1v) is 15.0. The molecular formula is C30H39FN4O3S. The fraction of sp³-hybridized carbons (Fsp3) is 0.533. The van der Waals surface area contributed by atoms with E-state index in [-0.39, 0.29) is 30.0 Å². The molecule has 1 amide bonds. The van der Waals surface area contributed by atoms with Gasteiger partial charge in [-0.1, -0.05) is 18.2 Å². The van der Waals surface area contributed by atoms with Crippen LogP contribution < -0.4 is 10.9 Å². The van der Waals surface area contributed by atoms with Crippen LogP contribution in [0.5, 0.6) is 0 Å². The number of nitrogens with zero attached hydrogens (tertiary/aromatic N) is 2. The summed E-state index contributed by atoms with van der Waals surface area (Å²) in [7, 11) is 1.74. The zero-order chi connectivity index (χ0) is 27.8. The van der Waals surface area contributed by atoms with Gasteiger partial charge < -0.3 is 19.6 Å². The van der Waals surface area contributed by atoms with Crippen molar-refractivity contribution in [2.24, 2.45) is 5.92 Å². The number of carbonyl (C=O) groups excluding carboxylic acids is 1. The van der Waals surface area contributed by atoms with Crippen LogP contribution in [0, 0.1) is 19.8 Å². The van der Waals surface area contributed by atoms with Crippen LogP contribution in [0.4, 0.5) is 4.39 Å². The van der Waals surface area contributed by atoms with Gasteiger partial charge in [-0.25, -0.2) is 4.39 Å². The number of pyridine rings is 1. The van der Waals surface area contributed by atoms with Crippen LogP contribution in [0.3, 0.4) is 0 Å². The third-order valence-corrected chi connectivity index (χ3v) is 9.63. The number of halogens is 1. The normalized spacial score (nSPS) is 24.5. The number of piperidine rings is 1. The third kappa shape index (κ3) is 5.28. The number of methoxy groups -OCH3 is 1. The first-order valence-electron chi connectivity index (χ1n) is 13.8. The van der Waals surface area contributed by atoms with Gasteiger partial charge in [0.2, 0.25) is 0 Å². The molecule has 1 aliphatic carbocycles. The Balaban J connectivity index is 1.37. The van der Waals surface area contributed by atoms with E-state index in [4.69, 9.17) is 4.74 Å². The Labute approximate surface area is 233 Å². The average molecular weight is 555 g/mol. The first-order chi connectivity index (χ1) is 18.7. The van der Waals surface area contributed by atoms with Crippen LogP contribution in [0.1, 0.15) is 59.5 Å². The molecule has 0 unspecified atom stereocenters. The molecular weight excluding hydrogens is 515 g/mol. The zero-order valence-electron chi connectivity index (χ0n) is 23.4. The molecule has 210 valence electrons. The molecule has 0 radical (unpaired) electrons. The Hall–Kier alpha value is -2.62. The molecule has 1 saturated heterocycles. The van der Waals surface area contributed by atoms with E-state index in [1.165, 1.54) is 11.8 Å². The molecule has 2 aromatic heterocycles. The fourth-order valence-electron chi connectivity index (χ4n) is 6.54. The number of aryl methyl sites for hydroxylation is 1. The number of nitrogens with one attached hydrogen (secondary N) is 2. The Morgan fingerprint density at radius 1 is 1.28 bits per heavy atom. The number of benzene rings is 1. The van der Waals surface area contributed by atoms with Gasteiger partial charge in [-0.2, -0.15) is 0 Å². The predicted octanol–water partition coefficient (Wildman–Crippen LogP) is 5.00. The van der Waals surface area contributed by atoms with Crippen molar-refractivity contribution in [1.29, 1.82) is 0 Å². The van der Waals surface area contributed by atoms with Gasteiger partial charge in [0.05, 0.1) is 11.7 Å². The van der Waals surface area contributed by atoms with Crippen molar-refractivity contribution in [3.05, 3.63) is 63.2 Å². The smallest absolute Gasteiger partial charge is 0.254 e. The van der Waals surface area contributed by atoms with Gasteiger partial charge in [0.15, 0.2) is 0 Å². The number of alkyl halides is 1. The lowest BCUT2D eigenvalue weighted by molar-refractivity contribution is -0.0539. The maximum atomic E-state index is 15.7. The van der Waals surface area contributed by atoms with E-state index in [1.807, 2.05) is 50.4 Å². The molecule has 2 fully saturated rings. The molecule has 2 aliphatic rings. The summed E-state index contributed by atoms with van der Waals surface area (Å²) < 4.78 is 23.2. The highest BCUT2D eigenvalue weighted by atomic mass is 32.2. The Kier molecular flexibility index (Phi) is 8.21. The highest BCUT2D eigenvalue weighted by Gasteiger charge is 2.41. The summed E-state index contributed by atoms with van der Waals surface area (Å²) in [6.07, 6.45) is 4.03. The van der Waals surface area contributed by atoms with Gasteiger partial charge in [0, 0.05) is 71.0 Å². The second kappa shape index (κ2) is 11.5. The number of para-hydroxylation sites is 1. The predicted molar refractivity (Wildman–Crippen MR) is 155 cm³/mol. The number of aromatic nitrogens is 2. The lowest BCUT2D eigenvalue weighted by atomic mass is 9.83. The summed E-state index contributed by atoms with van der Waals surface area (Å²) in [4.78, 5) is 32.2. The van der Waals surface area contributed by atoms with Gasteiger partial charge in [0.1, 0.15) is 6.17 Å². The van der Waals surface area contributed by atoms with Crippen molar-refractivity contribution >= 4 is 28.6 Å². The van der Waals surface area contributed by atoms with Crippen LogP contribution >= 0.6 is 11.8 Å². The molecule has 5 rings (SSSR count). The van der Waals surface area contributed by atoms with Crippen molar-refractivity contribution < 1.29 is 13.9 Å². The number of fused-ring (bicyclic) bond motifs is 1. The van der Waals surface area contributed by atoms with Gasteiger partial charge in [0.25, 0.3) is 11.5 Å². The van der Waals surface area contributed by atoms with E-state index in [2.05, 4.69) is 26.7 Å². The SMILES string of the molecule is COC1CC(N2CC[C@H]([C@@H](C)n3c(C)c(C(=O)NCc4c(SC)cc(C)[nH]c4=O)c4ccccc43)[C@@H](F)C2)C1. The summed E-state index contributed by atoms with van der Waals surface area (Å²) in [5, 5.41) is 3.83. The van der Waals surface area contributed by atoms with Gasteiger partial charge in [-0.15, -0.1) is 11.8 Å². The highest BCUT2D eigenvalue weighted by molar-refractivity contribution is 7.98. The number of hydrogen-bond acceptors (Lipinski definition) is 5. The van der Waals surface area contributed by atoms with Gasteiger partial charge in [-0.3, -0.25) is 14.5 Å². The number of aromatic amines is 1. The molecule has 1 aliphatic heterocycles. The molecule has 9 heteroatoms. The van der Waals surface area contributed by atoms with Gasteiger partial charge in [-0.05, 0) is 65.0 Å². The second-order valence-corrected chi connectivity index (χ2v) is 11.9. The van der Waals surface area contributed by atoms with Crippen molar-refractivity contribution in [2.75, 3.05) is 26.5 Å². The Morgan fingerprint density at radius 3 is 2.72 bits per heavy atom. The minimum atomic E-state index is -0.939. The maximum Gasteiger partial charge on any atom is 0.254 e. The molecule has 0 bridgehead atoms. The van der Waals surface area contributed by atoms with E-state index >= 15 is 4.39 Å². The van der Waals surface area contributed by atoms with E-state index in [0.29, 0.717) is 29.8 Å². The van der Waals surface area contributed by atoms with E-state index in [9.17, 15) is 9.59 Å². The van der Waals surface area contributed by atoms with Crippen LogP contribution in [0.25, 0.3) is 10.9 Å². The molecule has 3 atom stereocenters. The van der Waals surface area contributed by atoms with Crippen LogP contribution in [-0.2, 0) is 11.3 Å². The first kappa shape index (κ1) is 27.9.